The minimum Gasteiger partial charge on any atom is -0.481 e. The number of nitrogens with zero attached hydrogens (tertiary/aromatic N) is 1. The zero-order chi connectivity index (χ0) is 18.0. The topological polar surface area (TPSA) is 70.8 Å². The summed E-state index contributed by atoms with van der Waals surface area (Å²) in [5.74, 6) is 0.0123. The number of furan rings is 1. The van der Waals surface area contributed by atoms with Crippen LogP contribution in [-0.4, -0.2) is 40.6 Å². The first-order valence-corrected chi connectivity index (χ1v) is 8.80. The molecule has 1 fully saturated rings. The first-order valence-electron chi connectivity index (χ1n) is 7.58. The Kier molecular flexibility index (Phi) is 5.10. The average Bonchev–Trinajstić information content (AvgIpc) is 3.12. The number of carbonyl (C=O) groups excluding carboxylic acids is 1. The quantitative estimate of drug-likeness (QED) is 0.492. The van der Waals surface area contributed by atoms with Crippen LogP contribution in [0, 0.1) is 0 Å². The van der Waals surface area contributed by atoms with Gasteiger partial charge in [-0.3, -0.25) is 14.5 Å². The number of hydrogen-bond donors (Lipinski definition) is 1. The van der Waals surface area contributed by atoms with E-state index in [9.17, 15) is 9.59 Å². The molecule has 1 amide bonds. The van der Waals surface area contributed by atoms with Gasteiger partial charge in [0.2, 0.25) is 0 Å². The van der Waals surface area contributed by atoms with Gasteiger partial charge in [-0.15, -0.1) is 0 Å². The molecular weight excluding hydrogens is 357 g/mol. The second kappa shape index (κ2) is 7.29. The van der Waals surface area contributed by atoms with Crippen LogP contribution in [0.1, 0.15) is 12.2 Å². The summed E-state index contributed by atoms with van der Waals surface area (Å²) in [5, 5.41) is 8.76. The van der Waals surface area contributed by atoms with Gasteiger partial charge < -0.3 is 9.52 Å². The summed E-state index contributed by atoms with van der Waals surface area (Å²) in [7, 11) is 2.02. The Balaban J connectivity index is 1.77. The molecule has 8 heteroatoms. The molecule has 5 nitrogen and oxygen atoms in total. The summed E-state index contributed by atoms with van der Waals surface area (Å²) < 4.78 is 6.15. The van der Waals surface area contributed by atoms with Crippen molar-refractivity contribution in [3.8, 4) is 11.3 Å². The lowest BCUT2D eigenvalue weighted by molar-refractivity contribution is -0.137. The van der Waals surface area contributed by atoms with Gasteiger partial charge in [0.15, 0.2) is 0 Å². The van der Waals surface area contributed by atoms with Crippen LogP contribution in [0.25, 0.3) is 17.4 Å². The molecule has 0 radical (unpaired) electrons. The SMILES string of the molecule is Bc1ccc(-c2ccc(/C=C3\SC(=S)N(CCC(=O)O)C3=O)o2)cc1. The molecule has 1 aliphatic rings. The monoisotopic (exact) mass is 371 g/mol. The van der Waals surface area contributed by atoms with E-state index in [1.165, 1.54) is 10.4 Å². The number of hydrogen-bond acceptors (Lipinski definition) is 5. The Hall–Kier alpha value is -2.32. The number of carbonyl (C=O) groups is 2. The van der Waals surface area contributed by atoms with E-state index in [4.69, 9.17) is 21.7 Å². The molecule has 126 valence electrons. The van der Waals surface area contributed by atoms with E-state index >= 15 is 0 Å². The van der Waals surface area contributed by atoms with E-state index in [2.05, 4.69) is 0 Å². The largest absolute Gasteiger partial charge is 0.481 e. The van der Waals surface area contributed by atoms with Gasteiger partial charge in [-0.2, -0.15) is 0 Å². The molecule has 25 heavy (non-hydrogen) atoms. The van der Waals surface area contributed by atoms with Gasteiger partial charge in [0.25, 0.3) is 5.91 Å². The Morgan fingerprint density at radius 3 is 2.68 bits per heavy atom. The summed E-state index contributed by atoms with van der Waals surface area (Å²) >= 11 is 6.31. The average molecular weight is 371 g/mol. The molecule has 0 unspecified atom stereocenters. The summed E-state index contributed by atoms with van der Waals surface area (Å²) in [6.07, 6.45) is 1.50. The fourth-order valence-electron chi connectivity index (χ4n) is 2.33. The number of carboxylic acid groups (broad SMARTS) is 1. The van der Waals surface area contributed by atoms with Crippen molar-refractivity contribution in [2.24, 2.45) is 0 Å². The number of thiocarbonyl (C=S) groups is 1. The van der Waals surface area contributed by atoms with Crippen molar-refractivity contribution in [2.45, 2.75) is 6.42 Å². The van der Waals surface area contributed by atoms with E-state index in [-0.39, 0.29) is 18.9 Å². The lowest BCUT2D eigenvalue weighted by atomic mass is 9.95. The van der Waals surface area contributed by atoms with Gasteiger partial charge >= 0.3 is 5.97 Å². The van der Waals surface area contributed by atoms with Crippen molar-refractivity contribution in [3.63, 3.8) is 0 Å². The summed E-state index contributed by atoms with van der Waals surface area (Å²) in [5.41, 5.74) is 2.12. The minimum absolute atomic E-state index is 0.0735. The van der Waals surface area contributed by atoms with Crippen LogP contribution in [0.5, 0.6) is 0 Å². The number of aliphatic carboxylic acids is 1. The number of amides is 1. The number of rotatable bonds is 5. The first-order chi connectivity index (χ1) is 11.9. The molecule has 0 saturated carbocycles. The fraction of sp³-hybridized carbons (Fsp3) is 0.118. The van der Waals surface area contributed by atoms with Crippen molar-refractivity contribution in [3.05, 3.63) is 47.1 Å². The van der Waals surface area contributed by atoms with Crippen LogP contribution in [0.15, 0.2) is 45.7 Å². The van der Waals surface area contributed by atoms with Crippen molar-refractivity contribution < 1.29 is 19.1 Å². The molecule has 1 saturated heterocycles. The maximum absolute atomic E-state index is 12.4. The second-order valence-electron chi connectivity index (χ2n) is 5.55. The van der Waals surface area contributed by atoms with E-state index in [1.807, 2.05) is 38.2 Å². The Labute approximate surface area is 155 Å². The Morgan fingerprint density at radius 1 is 1.28 bits per heavy atom. The molecule has 0 atom stereocenters. The van der Waals surface area contributed by atoms with Crippen LogP contribution in [0.4, 0.5) is 0 Å². The van der Waals surface area contributed by atoms with Crippen molar-refractivity contribution >= 4 is 59.6 Å². The highest BCUT2D eigenvalue weighted by molar-refractivity contribution is 8.26. The van der Waals surface area contributed by atoms with Gasteiger partial charge in [-0.25, -0.2) is 0 Å². The molecule has 0 spiro atoms. The predicted octanol–water partition coefficient (Wildman–Crippen LogP) is 1.88. The molecule has 1 aliphatic heterocycles. The highest BCUT2D eigenvalue weighted by Gasteiger charge is 2.32. The molecule has 1 aromatic heterocycles. The lowest BCUT2D eigenvalue weighted by Gasteiger charge is -2.12. The molecule has 0 aliphatic carbocycles. The summed E-state index contributed by atoms with van der Waals surface area (Å²) in [6, 6.07) is 11.6. The van der Waals surface area contributed by atoms with Gasteiger partial charge in [0.1, 0.15) is 23.7 Å². The molecule has 1 N–H and O–H groups in total. The molecular formula is C17H14BNO4S2. The highest BCUT2D eigenvalue weighted by atomic mass is 32.2. The highest BCUT2D eigenvalue weighted by Crippen LogP contribution is 2.33. The van der Waals surface area contributed by atoms with E-state index in [1.54, 1.807) is 12.1 Å². The molecule has 2 aromatic rings. The van der Waals surface area contributed by atoms with Gasteiger partial charge in [0.05, 0.1) is 11.3 Å². The third kappa shape index (κ3) is 4.03. The van der Waals surface area contributed by atoms with Crippen molar-refractivity contribution in [1.82, 2.24) is 4.90 Å². The summed E-state index contributed by atoms with van der Waals surface area (Å²) in [4.78, 5) is 24.8. The minimum atomic E-state index is -0.966. The molecule has 3 rings (SSSR count). The zero-order valence-corrected chi connectivity index (χ0v) is 15.0. The smallest absolute Gasteiger partial charge is 0.305 e. The maximum atomic E-state index is 12.4. The fourth-order valence-corrected chi connectivity index (χ4v) is 3.62. The summed E-state index contributed by atoms with van der Waals surface area (Å²) in [6.45, 7) is 0.0735. The van der Waals surface area contributed by atoms with Crippen LogP contribution in [0.3, 0.4) is 0 Å². The lowest BCUT2D eigenvalue weighted by Crippen LogP contribution is -2.30. The first kappa shape index (κ1) is 17.5. The Morgan fingerprint density at radius 2 is 2.00 bits per heavy atom. The van der Waals surface area contributed by atoms with Crippen molar-refractivity contribution in [2.75, 3.05) is 6.54 Å². The third-order valence-electron chi connectivity index (χ3n) is 3.66. The molecule has 1 aromatic carbocycles. The van der Waals surface area contributed by atoms with Gasteiger partial charge in [-0.05, 0) is 12.1 Å². The van der Waals surface area contributed by atoms with Crippen LogP contribution in [0.2, 0.25) is 0 Å². The molecule has 2 heterocycles. The van der Waals surface area contributed by atoms with Crippen LogP contribution < -0.4 is 5.46 Å². The van der Waals surface area contributed by atoms with E-state index in [0.717, 1.165) is 17.3 Å². The van der Waals surface area contributed by atoms with E-state index < -0.39 is 5.97 Å². The second-order valence-corrected chi connectivity index (χ2v) is 7.22. The normalized spacial score (nSPS) is 16.0. The van der Waals surface area contributed by atoms with Gasteiger partial charge in [-0.1, -0.05) is 53.7 Å². The number of thioether (sulfide) groups is 1. The number of benzene rings is 1. The van der Waals surface area contributed by atoms with Crippen molar-refractivity contribution in [1.29, 1.82) is 0 Å². The third-order valence-corrected chi connectivity index (χ3v) is 5.04. The number of carboxylic acids is 1. The standard InChI is InChI=1S/C17H14BNO4S2/c18-11-3-1-10(2-4-11)13-6-5-12(23-13)9-14-16(22)19(17(24)25-14)8-7-15(20)21/h1-6,9H,7-8,18H2,(H,20,21)/b14-9-. The van der Waals surface area contributed by atoms with Crippen LogP contribution >= 0.6 is 24.0 Å². The zero-order valence-electron chi connectivity index (χ0n) is 13.4. The van der Waals surface area contributed by atoms with Crippen LogP contribution in [-0.2, 0) is 9.59 Å². The Bertz CT molecular complexity index is 873. The predicted molar refractivity (Wildman–Crippen MR) is 104 cm³/mol. The maximum Gasteiger partial charge on any atom is 0.305 e. The van der Waals surface area contributed by atoms with Gasteiger partial charge in [0, 0.05) is 18.2 Å². The van der Waals surface area contributed by atoms with E-state index in [0.29, 0.717) is 20.7 Å². The molecule has 0 bridgehead atoms.